The maximum atomic E-state index is 11.1. The minimum Gasteiger partial charge on any atom is -0.478 e. The van der Waals surface area contributed by atoms with E-state index in [9.17, 15) is 4.79 Å². The first-order valence-corrected chi connectivity index (χ1v) is 5.55. The molecule has 0 amide bonds. The maximum absolute atomic E-state index is 11.1. The lowest BCUT2D eigenvalue weighted by atomic mass is 9.83. The van der Waals surface area contributed by atoms with Gasteiger partial charge >= 0.3 is 5.97 Å². The number of benzene rings is 1. The first-order chi connectivity index (χ1) is 7.39. The molecule has 0 unspecified atom stereocenters. The lowest BCUT2D eigenvalue weighted by molar-refractivity contribution is 0.0696. The highest BCUT2D eigenvalue weighted by molar-refractivity contribution is 6.31. The summed E-state index contributed by atoms with van der Waals surface area (Å²) in [6, 6.07) is 4.89. The van der Waals surface area contributed by atoms with Gasteiger partial charge in [-0.05, 0) is 23.6 Å². The largest absolute Gasteiger partial charge is 0.478 e. The monoisotopic (exact) mass is 239 g/mol. The van der Waals surface area contributed by atoms with E-state index in [-0.39, 0.29) is 5.41 Å². The Morgan fingerprint density at radius 2 is 2.06 bits per heavy atom. The van der Waals surface area contributed by atoms with Crippen molar-refractivity contribution in [1.82, 2.24) is 0 Å². The van der Waals surface area contributed by atoms with E-state index in [1.165, 1.54) is 0 Å². The van der Waals surface area contributed by atoms with Crippen LogP contribution in [-0.2, 0) is 0 Å². The molecule has 16 heavy (non-hydrogen) atoms. The second-order valence-corrected chi connectivity index (χ2v) is 5.42. The number of anilines is 1. The molecule has 0 aromatic heterocycles. The molecular formula is C12H14ClNO2. The summed E-state index contributed by atoms with van der Waals surface area (Å²) in [6.07, 6.45) is 0. The second kappa shape index (κ2) is 3.67. The Morgan fingerprint density at radius 1 is 1.44 bits per heavy atom. The molecule has 1 aliphatic heterocycles. The van der Waals surface area contributed by atoms with Crippen LogP contribution in [-0.4, -0.2) is 24.2 Å². The number of nitrogens with zero attached hydrogens (tertiary/aromatic N) is 1. The molecule has 1 heterocycles. The van der Waals surface area contributed by atoms with Gasteiger partial charge in [-0.25, -0.2) is 4.79 Å². The quantitative estimate of drug-likeness (QED) is 0.863. The molecule has 2 rings (SSSR count). The Hall–Kier alpha value is -1.22. The van der Waals surface area contributed by atoms with Crippen LogP contribution in [0.25, 0.3) is 0 Å². The van der Waals surface area contributed by atoms with E-state index in [1.54, 1.807) is 18.2 Å². The number of halogens is 1. The molecule has 0 atom stereocenters. The third kappa shape index (κ3) is 2.00. The molecule has 4 heteroatoms. The third-order valence-corrected chi connectivity index (χ3v) is 3.00. The average Bonchev–Trinajstić information content (AvgIpc) is 2.13. The fraction of sp³-hybridized carbons (Fsp3) is 0.417. The molecule has 1 aromatic carbocycles. The molecule has 86 valence electrons. The van der Waals surface area contributed by atoms with E-state index in [0.29, 0.717) is 10.6 Å². The maximum Gasteiger partial charge on any atom is 0.337 e. The van der Waals surface area contributed by atoms with Crippen molar-refractivity contribution in [2.45, 2.75) is 13.8 Å². The van der Waals surface area contributed by atoms with Gasteiger partial charge in [0.25, 0.3) is 0 Å². The highest BCUT2D eigenvalue weighted by Gasteiger charge is 2.35. The van der Waals surface area contributed by atoms with Crippen molar-refractivity contribution in [3.8, 4) is 0 Å². The standard InChI is InChI=1S/C12H14ClNO2/c1-12(2)6-14(7-12)10-5-8(13)3-4-9(10)11(15)16/h3-5H,6-7H2,1-2H3,(H,15,16). The molecule has 1 aromatic rings. The molecule has 1 aliphatic rings. The van der Waals surface area contributed by atoms with Crippen LogP contribution >= 0.6 is 11.6 Å². The third-order valence-electron chi connectivity index (χ3n) is 2.77. The zero-order valence-corrected chi connectivity index (χ0v) is 10.1. The van der Waals surface area contributed by atoms with Crippen molar-refractivity contribution >= 4 is 23.3 Å². The van der Waals surface area contributed by atoms with Gasteiger partial charge in [0, 0.05) is 18.1 Å². The molecular weight excluding hydrogens is 226 g/mol. The number of hydrogen-bond acceptors (Lipinski definition) is 2. The van der Waals surface area contributed by atoms with Crippen LogP contribution in [0.4, 0.5) is 5.69 Å². The Balaban J connectivity index is 2.33. The Kier molecular flexibility index (Phi) is 2.58. The Bertz CT molecular complexity index is 435. The van der Waals surface area contributed by atoms with Gasteiger partial charge in [-0.2, -0.15) is 0 Å². The van der Waals surface area contributed by atoms with Gasteiger partial charge in [0.1, 0.15) is 0 Å². The molecule has 1 N–H and O–H groups in total. The number of carboxylic acids is 1. The Labute approximate surface area is 99.6 Å². The minimum atomic E-state index is -0.906. The topological polar surface area (TPSA) is 40.5 Å². The van der Waals surface area contributed by atoms with Gasteiger partial charge in [0.05, 0.1) is 11.3 Å². The van der Waals surface area contributed by atoms with Crippen molar-refractivity contribution in [1.29, 1.82) is 0 Å². The zero-order valence-electron chi connectivity index (χ0n) is 9.33. The van der Waals surface area contributed by atoms with E-state index in [2.05, 4.69) is 18.7 Å². The van der Waals surface area contributed by atoms with Crippen LogP contribution in [0, 0.1) is 5.41 Å². The summed E-state index contributed by atoms with van der Waals surface area (Å²) in [4.78, 5) is 13.1. The predicted molar refractivity (Wildman–Crippen MR) is 64.4 cm³/mol. The van der Waals surface area contributed by atoms with Crippen LogP contribution in [0.1, 0.15) is 24.2 Å². The number of rotatable bonds is 2. The summed E-state index contributed by atoms with van der Waals surface area (Å²) in [7, 11) is 0. The van der Waals surface area contributed by atoms with Crippen LogP contribution in [0.5, 0.6) is 0 Å². The van der Waals surface area contributed by atoms with Crippen LogP contribution in [0.15, 0.2) is 18.2 Å². The SMILES string of the molecule is CC1(C)CN(c2cc(Cl)ccc2C(=O)O)C1. The lowest BCUT2D eigenvalue weighted by Gasteiger charge is -2.47. The number of carbonyl (C=O) groups is 1. The summed E-state index contributed by atoms with van der Waals surface area (Å²) in [5.41, 5.74) is 1.30. The van der Waals surface area contributed by atoms with E-state index in [4.69, 9.17) is 16.7 Å². The van der Waals surface area contributed by atoms with Crippen LogP contribution in [0.3, 0.4) is 0 Å². The number of hydrogen-bond donors (Lipinski definition) is 1. The number of carboxylic acid groups (broad SMARTS) is 1. The zero-order chi connectivity index (χ0) is 11.9. The molecule has 0 radical (unpaired) electrons. The first-order valence-electron chi connectivity index (χ1n) is 5.17. The second-order valence-electron chi connectivity index (χ2n) is 4.99. The van der Waals surface area contributed by atoms with Gasteiger partial charge in [-0.1, -0.05) is 25.4 Å². The van der Waals surface area contributed by atoms with Crippen molar-refractivity contribution in [3.63, 3.8) is 0 Å². The average molecular weight is 240 g/mol. The molecule has 0 saturated carbocycles. The first kappa shape index (κ1) is 11.3. The normalized spacial score (nSPS) is 18.1. The van der Waals surface area contributed by atoms with Crippen molar-refractivity contribution in [3.05, 3.63) is 28.8 Å². The van der Waals surface area contributed by atoms with Gasteiger partial charge in [0.2, 0.25) is 0 Å². The summed E-state index contributed by atoms with van der Waals surface area (Å²) in [5.74, 6) is -0.906. The summed E-state index contributed by atoms with van der Waals surface area (Å²) >= 11 is 5.90. The summed E-state index contributed by atoms with van der Waals surface area (Å²) in [5, 5.41) is 9.66. The van der Waals surface area contributed by atoms with Gasteiger partial charge < -0.3 is 10.0 Å². The van der Waals surface area contributed by atoms with E-state index in [0.717, 1.165) is 18.8 Å². The highest BCUT2D eigenvalue weighted by Crippen LogP contribution is 2.36. The predicted octanol–water partition coefficient (Wildman–Crippen LogP) is 2.88. The van der Waals surface area contributed by atoms with E-state index < -0.39 is 5.97 Å². The summed E-state index contributed by atoms with van der Waals surface area (Å²) in [6.45, 7) is 6.06. The smallest absolute Gasteiger partial charge is 0.337 e. The minimum absolute atomic E-state index is 0.262. The highest BCUT2D eigenvalue weighted by atomic mass is 35.5. The van der Waals surface area contributed by atoms with Crippen LogP contribution in [0.2, 0.25) is 5.02 Å². The molecule has 0 aliphatic carbocycles. The van der Waals surface area contributed by atoms with Crippen molar-refractivity contribution in [2.75, 3.05) is 18.0 Å². The van der Waals surface area contributed by atoms with Gasteiger partial charge in [0.15, 0.2) is 0 Å². The summed E-state index contributed by atoms with van der Waals surface area (Å²) < 4.78 is 0. The fourth-order valence-corrected chi connectivity index (χ4v) is 2.27. The van der Waals surface area contributed by atoms with Gasteiger partial charge in [-0.15, -0.1) is 0 Å². The molecule has 1 saturated heterocycles. The molecule has 1 fully saturated rings. The fourth-order valence-electron chi connectivity index (χ4n) is 2.10. The van der Waals surface area contributed by atoms with Crippen molar-refractivity contribution in [2.24, 2.45) is 5.41 Å². The van der Waals surface area contributed by atoms with Gasteiger partial charge in [-0.3, -0.25) is 0 Å². The number of aromatic carboxylic acids is 1. The molecule has 0 spiro atoms. The molecule has 3 nitrogen and oxygen atoms in total. The van der Waals surface area contributed by atoms with E-state index >= 15 is 0 Å². The Morgan fingerprint density at radius 3 is 2.56 bits per heavy atom. The molecule has 0 bridgehead atoms. The van der Waals surface area contributed by atoms with Crippen molar-refractivity contribution < 1.29 is 9.90 Å². The van der Waals surface area contributed by atoms with E-state index in [1.807, 2.05) is 0 Å². The lowest BCUT2D eigenvalue weighted by Crippen LogP contribution is -2.53. The van der Waals surface area contributed by atoms with Crippen LogP contribution < -0.4 is 4.90 Å².